The first-order valence-corrected chi connectivity index (χ1v) is 6.20. The lowest BCUT2D eigenvalue weighted by Gasteiger charge is -2.28. The molecule has 0 radical (unpaired) electrons. The number of rotatable bonds is 3. The van der Waals surface area contributed by atoms with Gasteiger partial charge in [-0.2, -0.15) is 0 Å². The summed E-state index contributed by atoms with van der Waals surface area (Å²) in [4.78, 5) is 16.5. The Hall–Kier alpha value is -1.35. The highest BCUT2D eigenvalue weighted by atomic mass is 16.2. The highest BCUT2D eigenvalue weighted by molar-refractivity contribution is 5.83. The maximum Gasteiger partial charge on any atom is 0.244 e. The normalized spacial score (nSPS) is 17.5. The van der Waals surface area contributed by atoms with Gasteiger partial charge in [-0.3, -0.25) is 9.69 Å². The molecule has 0 N–H and O–H groups in total. The van der Waals surface area contributed by atoms with Crippen molar-refractivity contribution in [3.63, 3.8) is 0 Å². The van der Waals surface area contributed by atoms with E-state index in [1.165, 1.54) is 0 Å². The first-order valence-electron chi connectivity index (χ1n) is 6.20. The zero-order valence-corrected chi connectivity index (χ0v) is 10.6. The number of likely N-dealkylation sites (N-methyl/N-ethyl adjacent to an activating group) is 1. The van der Waals surface area contributed by atoms with Crippen LogP contribution in [0.25, 0.3) is 0 Å². The molecule has 1 amide bonds. The van der Waals surface area contributed by atoms with Gasteiger partial charge in [-0.25, -0.2) is 0 Å². The molecule has 3 nitrogen and oxygen atoms in total. The molecule has 1 saturated heterocycles. The number of likely N-dealkylation sites (tertiary alicyclic amines) is 1. The molecule has 1 unspecified atom stereocenters. The van der Waals surface area contributed by atoms with Crippen LogP contribution in [0, 0.1) is 0 Å². The summed E-state index contributed by atoms with van der Waals surface area (Å²) < 4.78 is 0. The SMILES string of the molecule is CN(C)C(C(=O)N1CCCC1)c1ccccc1. The van der Waals surface area contributed by atoms with Crippen LogP contribution in [0.15, 0.2) is 30.3 Å². The molecule has 1 atom stereocenters. The second-order valence-corrected chi connectivity index (χ2v) is 4.81. The maximum absolute atomic E-state index is 12.5. The average molecular weight is 232 g/mol. The molecular weight excluding hydrogens is 212 g/mol. The Bertz CT molecular complexity index is 369. The summed E-state index contributed by atoms with van der Waals surface area (Å²) in [5.74, 6) is 0.235. The first-order chi connectivity index (χ1) is 8.20. The summed E-state index contributed by atoms with van der Waals surface area (Å²) in [5.41, 5.74) is 1.08. The summed E-state index contributed by atoms with van der Waals surface area (Å²) >= 11 is 0. The predicted molar refractivity (Wildman–Crippen MR) is 68.7 cm³/mol. The Morgan fingerprint density at radius 3 is 2.29 bits per heavy atom. The number of nitrogens with zero attached hydrogens (tertiary/aromatic N) is 2. The van der Waals surface area contributed by atoms with Gasteiger partial charge in [-0.1, -0.05) is 30.3 Å². The number of carbonyl (C=O) groups excluding carboxylic acids is 1. The molecule has 1 aromatic rings. The fraction of sp³-hybridized carbons (Fsp3) is 0.500. The summed E-state index contributed by atoms with van der Waals surface area (Å²) in [6, 6.07) is 9.87. The third-order valence-corrected chi connectivity index (χ3v) is 3.28. The van der Waals surface area contributed by atoms with Crippen LogP contribution in [0.5, 0.6) is 0 Å². The van der Waals surface area contributed by atoms with Gasteiger partial charge in [0, 0.05) is 13.1 Å². The van der Waals surface area contributed by atoms with E-state index in [1.54, 1.807) is 0 Å². The molecule has 0 spiro atoms. The quantitative estimate of drug-likeness (QED) is 0.795. The Morgan fingerprint density at radius 2 is 1.76 bits per heavy atom. The lowest BCUT2D eigenvalue weighted by atomic mass is 10.0. The van der Waals surface area contributed by atoms with E-state index in [-0.39, 0.29) is 11.9 Å². The molecule has 92 valence electrons. The summed E-state index contributed by atoms with van der Waals surface area (Å²) in [5, 5.41) is 0. The molecule has 3 heteroatoms. The Labute approximate surface area is 103 Å². The van der Waals surface area contributed by atoms with Crippen molar-refractivity contribution in [2.45, 2.75) is 18.9 Å². The van der Waals surface area contributed by atoms with Crippen molar-refractivity contribution in [2.24, 2.45) is 0 Å². The van der Waals surface area contributed by atoms with Gasteiger partial charge in [-0.15, -0.1) is 0 Å². The first kappa shape index (κ1) is 12.1. The van der Waals surface area contributed by atoms with Crippen LogP contribution in [0.4, 0.5) is 0 Å². The highest BCUT2D eigenvalue weighted by Crippen LogP contribution is 2.22. The van der Waals surface area contributed by atoms with Gasteiger partial charge >= 0.3 is 0 Å². The fourth-order valence-electron chi connectivity index (χ4n) is 2.41. The minimum atomic E-state index is -0.144. The topological polar surface area (TPSA) is 23.6 Å². The van der Waals surface area contributed by atoms with Crippen LogP contribution in [-0.2, 0) is 4.79 Å². The maximum atomic E-state index is 12.5. The molecule has 1 heterocycles. The van der Waals surface area contributed by atoms with Gasteiger partial charge in [-0.05, 0) is 32.5 Å². The number of hydrogen-bond acceptors (Lipinski definition) is 2. The second-order valence-electron chi connectivity index (χ2n) is 4.81. The van der Waals surface area contributed by atoms with Crippen molar-refractivity contribution < 1.29 is 4.79 Å². The van der Waals surface area contributed by atoms with Crippen LogP contribution >= 0.6 is 0 Å². The van der Waals surface area contributed by atoms with Crippen LogP contribution in [0.2, 0.25) is 0 Å². The Morgan fingerprint density at radius 1 is 1.18 bits per heavy atom. The van der Waals surface area contributed by atoms with E-state index in [4.69, 9.17) is 0 Å². The molecule has 1 aliphatic heterocycles. The van der Waals surface area contributed by atoms with Crippen LogP contribution < -0.4 is 0 Å². The monoisotopic (exact) mass is 232 g/mol. The molecule has 17 heavy (non-hydrogen) atoms. The Balaban J connectivity index is 2.20. The zero-order valence-electron chi connectivity index (χ0n) is 10.6. The minimum Gasteiger partial charge on any atom is -0.341 e. The van der Waals surface area contributed by atoms with Crippen LogP contribution in [0.1, 0.15) is 24.4 Å². The van der Waals surface area contributed by atoms with E-state index in [9.17, 15) is 4.79 Å². The van der Waals surface area contributed by atoms with Crippen molar-refractivity contribution in [1.29, 1.82) is 0 Å². The van der Waals surface area contributed by atoms with E-state index in [0.29, 0.717) is 0 Å². The van der Waals surface area contributed by atoms with Crippen molar-refractivity contribution >= 4 is 5.91 Å². The third kappa shape index (κ3) is 2.67. The lowest BCUT2D eigenvalue weighted by molar-refractivity contribution is -0.135. The van der Waals surface area contributed by atoms with Gasteiger partial charge in [0.25, 0.3) is 0 Å². The molecule has 2 rings (SSSR count). The van der Waals surface area contributed by atoms with E-state index in [2.05, 4.69) is 0 Å². The van der Waals surface area contributed by atoms with E-state index in [1.807, 2.05) is 54.2 Å². The van der Waals surface area contributed by atoms with Crippen molar-refractivity contribution in [2.75, 3.05) is 27.2 Å². The fourth-order valence-corrected chi connectivity index (χ4v) is 2.41. The smallest absolute Gasteiger partial charge is 0.244 e. The standard InChI is InChI=1S/C14H20N2O/c1-15(2)13(12-8-4-3-5-9-12)14(17)16-10-6-7-11-16/h3-5,8-9,13H,6-7,10-11H2,1-2H3. The molecule has 0 bridgehead atoms. The van der Waals surface area contributed by atoms with E-state index < -0.39 is 0 Å². The molecule has 1 aliphatic rings. The van der Waals surface area contributed by atoms with Crippen LogP contribution in [0.3, 0.4) is 0 Å². The molecule has 1 fully saturated rings. The largest absolute Gasteiger partial charge is 0.341 e. The summed E-state index contributed by atoms with van der Waals surface area (Å²) in [7, 11) is 3.93. The van der Waals surface area contributed by atoms with Gasteiger partial charge in [0.15, 0.2) is 0 Å². The second kappa shape index (κ2) is 5.32. The number of benzene rings is 1. The molecule has 0 saturated carbocycles. The third-order valence-electron chi connectivity index (χ3n) is 3.28. The van der Waals surface area contributed by atoms with E-state index in [0.717, 1.165) is 31.5 Å². The summed E-state index contributed by atoms with van der Waals surface area (Å²) in [6.45, 7) is 1.83. The zero-order chi connectivity index (χ0) is 12.3. The van der Waals surface area contributed by atoms with Gasteiger partial charge in [0.1, 0.15) is 6.04 Å². The molecule has 0 aliphatic carbocycles. The van der Waals surface area contributed by atoms with Crippen molar-refractivity contribution in [1.82, 2.24) is 9.80 Å². The lowest BCUT2D eigenvalue weighted by Crippen LogP contribution is -2.38. The Kier molecular flexibility index (Phi) is 3.79. The van der Waals surface area contributed by atoms with Crippen molar-refractivity contribution in [3.05, 3.63) is 35.9 Å². The number of carbonyl (C=O) groups is 1. The number of hydrogen-bond donors (Lipinski definition) is 0. The van der Waals surface area contributed by atoms with Gasteiger partial charge < -0.3 is 4.90 Å². The predicted octanol–water partition coefficient (Wildman–Crippen LogP) is 1.91. The summed E-state index contributed by atoms with van der Waals surface area (Å²) in [6.07, 6.45) is 2.28. The van der Waals surface area contributed by atoms with Gasteiger partial charge in [0.05, 0.1) is 0 Å². The van der Waals surface area contributed by atoms with Gasteiger partial charge in [0.2, 0.25) is 5.91 Å². The molecule has 0 aromatic heterocycles. The molecule has 1 aromatic carbocycles. The van der Waals surface area contributed by atoms with Crippen molar-refractivity contribution in [3.8, 4) is 0 Å². The average Bonchev–Trinajstić information content (AvgIpc) is 2.83. The number of amides is 1. The molecular formula is C14H20N2O. The minimum absolute atomic E-state index is 0.144. The highest BCUT2D eigenvalue weighted by Gasteiger charge is 2.28. The van der Waals surface area contributed by atoms with Crippen LogP contribution in [-0.4, -0.2) is 42.9 Å². The van der Waals surface area contributed by atoms with E-state index >= 15 is 0 Å².